The van der Waals surface area contributed by atoms with Crippen molar-refractivity contribution in [2.75, 3.05) is 17.6 Å². The highest BCUT2D eigenvalue weighted by molar-refractivity contribution is 5.34. The van der Waals surface area contributed by atoms with Crippen molar-refractivity contribution in [3.63, 3.8) is 0 Å². The number of hydrogen-bond acceptors (Lipinski definition) is 7. The molecule has 2 rings (SSSR count). The van der Waals surface area contributed by atoms with E-state index in [1.165, 1.54) is 0 Å². The van der Waals surface area contributed by atoms with Crippen LogP contribution < -0.4 is 11.1 Å². The number of hydrogen-bond donors (Lipinski definition) is 3. The molecule has 0 bridgehead atoms. The molecule has 1 atom stereocenters. The van der Waals surface area contributed by atoms with Crippen LogP contribution in [0.25, 0.3) is 5.95 Å². The molecular weight excluding hydrogens is 246 g/mol. The van der Waals surface area contributed by atoms with Gasteiger partial charge in [-0.15, -0.1) is 0 Å². The smallest absolute Gasteiger partial charge is 0.241 e. The van der Waals surface area contributed by atoms with E-state index in [9.17, 15) is 5.11 Å². The van der Waals surface area contributed by atoms with Crippen molar-refractivity contribution in [3.05, 3.63) is 18.7 Å². The Bertz CT molecular complexity index is 514. The van der Waals surface area contributed by atoms with Gasteiger partial charge in [0, 0.05) is 18.9 Å². The Morgan fingerprint density at radius 1 is 1.42 bits per heavy atom. The summed E-state index contributed by atoms with van der Waals surface area (Å²) >= 11 is 0. The first-order valence-corrected chi connectivity index (χ1v) is 6.11. The minimum atomic E-state index is -0.320. The van der Waals surface area contributed by atoms with Gasteiger partial charge in [-0.2, -0.15) is 15.0 Å². The summed E-state index contributed by atoms with van der Waals surface area (Å²) in [6.45, 7) is 2.50. The summed E-state index contributed by atoms with van der Waals surface area (Å²) in [5.41, 5.74) is 5.64. The average molecular weight is 263 g/mol. The number of nitrogens with one attached hydrogen (secondary N) is 1. The molecule has 0 aromatic carbocycles. The lowest BCUT2D eigenvalue weighted by Crippen LogP contribution is -2.15. The van der Waals surface area contributed by atoms with Crippen LogP contribution in [0.4, 0.5) is 11.9 Å². The number of imidazole rings is 1. The van der Waals surface area contributed by atoms with Gasteiger partial charge in [-0.25, -0.2) is 4.98 Å². The van der Waals surface area contributed by atoms with Crippen molar-refractivity contribution in [3.8, 4) is 5.95 Å². The van der Waals surface area contributed by atoms with E-state index in [-0.39, 0.29) is 12.1 Å². The molecule has 102 valence electrons. The van der Waals surface area contributed by atoms with Crippen molar-refractivity contribution in [2.45, 2.75) is 25.9 Å². The summed E-state index contributed by atoms with van der Waals surface area (Å²) in [6.07, 6.45) is 5.97. The average Bonchev–Trinajstić information content (AvgIpc) is 2.91. The Labute approximate surface area is 110 Å². The van der Waals surface area contributed by atoms with Crippen LogP contribution in [-0.4, -0.2) is 42.3 Å². The minimum Gasteiger partial charge on any atom is -0.393 e. The number of rotatable bonds is 6. The third-order valence-electron chi connectivity index (χ3n) is 2.61. The van der Waals surface area contributed by atoms with Gasteiger partial charge in [0.25, 0.3) is 0 Å². The molecule has 0 saturated carbocycles. The van der Waals surface area contributed by atoms with Crippen LogP contribution in [0.1, 0.15) is 19.8 Å². The molecule has 0 amide bonds. The van der Waals surface area contributed by atoms with E-state index in [0.717, 1.165) is 6.42 Å². The summed E-state index contributed by atoms with van der Waals surface area (Å²) in [4.78, 5) is 16.2. The van der Waals surface area contributed by atoms with Gasteiger partial charge in [-0.3, -0.25) is 4.57 Å². The number of aliphatic hydroxyl groups excluding tert-OH is 1. The topological polar surface area (TPSA) is 115 Å². The van der Waals surface area contributed by atoms with Crippen LogP contribution in [0, 0.1) is 0 Å². The van der Waals surface area contributed by atoms with Gasteiger partial charge in [-0.05, 0) is 12.8 Å². The first-order valence-electron chi connectivity index (χ1n) is 6.11. The van der Waals surface area contributed by atoms with Gasteiger partial charge in [0.1, 0.15) is 6.33 Å². The number of nitrogen functional groups attached to an aromatic ring is 1. The largest absolute Gasteiger partial charge is 0.393 e. The summed E-state index contributed by atoms with van der Waals surface area (Å²) in [5.74, 6) is 0.931. The van der Waals surface area contributed by atoms with E-state index in [0.29, 0.717) is 24.9 Å². The third kappa shape index (κ3) is 3.62. The Balaban J connectivity index is 2.05. The van der Waals surface area contributed by atoms with E-state index in [4.69, 9.17) is 5.73 Å². The zero-order valence-corrected chi connectivity index (χ0v) is 10.7. The third-order valence-corrected chi connectivity index (χ3v) is 2.61. The highest BCUT2D eigenvalue weighted by atomic mass is 16.3. The minimum absolute atomic E-state index is 0.136. The van der Waals surface area contributed by atoms with Crippen LogP contribution in [0.5, 0.6) is 0 Å². The van der Waals surface area contributed by atoms with Crippen LogP contribution in [-0.2, 0) is 0 Å². The normalized spacial score (nSPS) is 12.3. The molecule has 0 spiro atoms. The predicted octanol–water partition coefficient (Wildman–Crippen LogP) is 0.212. The summed E-state index contributed by atoms with van der Waals surface area (Å²) in [5, 5.41) is 12.5. The van der Waals surface area contributed by atoms with E-state index in [1.54, 1.807) is 23.3 Å². The lowest BCUT2D eigenvalue weighted by molar-refractivity contribution is 0.164. The fourth-order valence-corrected chi connectivity index (χ4v) is 1.51. The summed E-state index contributed by atoms with van der Waals surface area (Å²) in [6, 6.07) is 0. The predicted molar refractivity (Wildman–Crippen MR) is 70.8 cm³/mol. The van der Waals surface area contributed by atoms with Crippen LogP contribution in [0.15, 0.2) is 18.7 Å². The second-order valence-electron chi connectivity index (χ2n) is 4.06. The molecule has 0 radical (unpaired) electrons. The van der Waals surface area contributed by atoms with Gasteiger partial charge in [0.15, 0.2) is 0 Å². The summed E-state index contributed by atoms with van der Waals surface area (Å²) in [7, 11) is 0. The maximum atomic E-state index is 9.47. The molecule has 2 heterocycles. The molecule has 0 fully saturated rings. The Morgan fingerprint density at radius 3 is 2.95 bits per heavy atom. The van der Waals surface area contributed by atoms with Crippen LogP contribution in [0.2, 0.25) is 0 Å². The molecule has 4 N–H and O–H groups in total. The number of nitrogens with zero attached hydrogens (tertiary/aromatic N) is 5. The number of nitrogens with two attached hydrogens (primary N) is 1. The molecule has 8 heteroatoms. The van der Waals surface area contributed by atoms with Crippen molar-refractivity contribution in [1.82, 2.24) is 24.5 Å². The van der Waals surface area contributed by atoms with Crippen molar-refractivity contribution in [2.24, 2.45) is 0 Å². The van der Waals surface area contributed by atoms with Crippen LogP contribution in [0.3, 0.4) is 0 Å². The zero-order valence-electron chi connectivity index (χ0n) is 10.7. The van der Waals surface area contributed by atoms with Gasteiger partial charge in [0.2, 0.25) is 17.8 Å². The SMILES string of the molecule is CCC(O)CCNc1nc(N)nc(-n2ccnc2)n1. The molecule has 0 aliphatic carbocycles. The van der Waals surface area contributed by atoms with E-state index >= 15 is 0 Å². The molecule has 0 aliphatic heterocycles. The van der Waals surface area contributed by atoms with Gasteiger partial charge < -0.3 is 16.2 Å². The van der Waals surface area contributed by atoms with E-state index < -0.39 is 0 Å². The fourth-order valence-electron chi connectivity index (χ4n) is 1.51. The Morgan fingerprint density at radius 2 is 2.26 bits per heavy atom. The Kier molecular flexibility index (Phi) is 4.24. The second-order valence-corrected chi connectivity index (χ2v) is 4.06. The molecule has 0 aliphatic rings. The highest BCUT2D eigenvalue weighted by Crippen LogP contribution is 2.07. The standard InChI is InChI=1S/C11H17N7O/c1-2-8(19)3-4-14-10-15-9(12)16-11(17-10)18-6-5-13-7-18/h5-8,19H,2-4H2,1H3,(H3,12,14,15,16,17). The van der Waals surface area contributed by atoms with Crippen molar-refractivity contribution in [1.29, 1.82) is 0 Å². The molecule has 2 aromatic rings. The molecule has 1 unspecified atom stereocenters. The lowest BCUT2D eigenvalue weighted by atomic mass is 10.2. The maximum absolute atomic E-state index is 9.47. The van der Waals surface area contributed by atoms with E-state index in [2.05, 4.69) is 25.3 Å². The molecule has 2 aromatic heterocycles. The quantitative estimate of drug-likeness (QED) is 0.682. The fraction of sp³-hybridized carbons (Fsp3) is 0.455. The highest BCUT2D eigenvalue weighted by Gasteiger charge is 2.06. The van der Waals surface area contributed by atoms with Gasteiger partial charge >= 0.3 is 0 Å². The number of aromatic nitrogens is 5. The monoisotopic (exact) mass is 263 g/mol. The van der Waals surface area contributed by atoms with Gasteiger partial charge in [-0.1, -0.05) is 6.92 Å². The number of anilines is 2. The first kappa shape index (κ1) is 13.2. The molecule has 19 heavy (non-hydrogen) atoms. The zero-order chi connectivity index (χ0) is 13.7. The molecule has 0 saturated heterocycles. The molecular formula is C11H17N7O. The maximum Gasteiger partial charge on any atom is 0.241 e. The number of aliphatic hydroxyl groups is 1. The van der Waals surface area contributed by atoms with Crippen molar-refractivity contribution < 1.29 is 5.11 Å². The van der Waals surface area contributed by atoms with E-state index in [1.807, 2.05) is 6.92 Å². The van der Waals surface area contributed by atoms with Crippen molar-refractivity contribution >= 4 is 11.9 Å². The molecule has 8 nitrogen and oxygen atoms in total. The first-order chi connectivity index (χ1) is 9.19. The van der Waals surface area contributed by atoms with Gasteiger partial charge in [0.05, 0.1) is 6.10 Å². The van der Waals surface area contributed by atoms with Crippen LogP contribution >= 0.6 is 0 Å². The Hall–Kier alpha value is -2.22. The second kappa shape index (κ2) is 6.10. The lowest BCUT2D eigenvalue weighted by Gasteiger charge is -2.09. The summed E-state index contributed by atoms with van der Waals surface area (Å²) < 4.78 is 1.64.